The number of halogens is 3. The molecule has 4 rings (SSSR count). The van der Waals surface area contributed by atoms with Gasteiger partial charge in [0.2, 0.25) is 5.91 Å². The molecular formula is C21H25F3N4O3. The van der Waals surface area contributed by atoms with Gasteiger partial charge < -0.3 is 20.1 Å². The standard InChI is InChI=1S/C21H25F3N4O3/c22-21(23,24)15-7-14(18-1-4-26-27-18)8-17(9-15)31-12-16(29)11-28-5-2-20(3-6-28)10-19(30)25-13-20/h1,4,7-9,16,29H,2-3,5-6,10-13H2,(H,25,30)(H,26,27). The molecule has 1 atom stereocenters. The molecular weight excluding hydrogens is 413 g/mol. The molecule has 1 spiro atoms. The van der Waals surface area contributed by atoms with E-state index >= 15 is 0 Å². The second-order valence-electron chi connectivity index (χ2n) is 8.43. The number of likely N-dealkylation sites (tertiary alicyclic amines) is 1. The quantitative estimate of drug-likeness (QED) is 0.645. The van der Waals surface area contributed by atoms with Crippen LogP contribution in [0.15, 0.2) is 30.5 Å². The molecule has 2 aliphatic rings. The number of nitrogens with one attached hydrogen (secondary N) is 2. The number of alkyl halides is 3. The highest BCUT2D eigenvalue weighted by atomic mass is 19.4. The Bertz CT molecular complexity index is 909. The topological polar surface area (TPSA) is 90.5 Å². The van der Waals surface area contributed by atoms with Gasteiger partial charge in [-0.25, -0.2) is 0 Å². The molecule has 0 bridgehead atoms. The molecule has 1 amide bonds. The van der Waals surface area contributed by atoms with Crippen molar-refractivity contribution in [1.82, 2.24) is 20.4 Å². The summed E-state index contributed by atoms with van der Waals surface area (Å²) in [5.74, 6) is 0.129. The Balaban J connectivity index is 1.34. The molecule has 3 N–H and O–H groups in total. The summed E-state index contributed by atoms with van der Waals surface area (Å²) in [5.41, 5.74) is -0.0579. The number of aromatic nitrogens is 2. The zero-order valence-electron chi connectivity index (χ0n) is 16.9. The number of nitrogens with zero attached hydrogens (tertiary/aromatic N) is 2. The number of carbonyl (C=O) groups is 1. The average Bonchev–Trinajstić information content (AvgIpc) is 3.38. The van der Waals surface area contributed by atoms with Gasteiger partial charge in [0.05, 0.1) is 11.3 Å². The van der Waals surface area contributed by atoms with Gasteiger partial charge in [-0.1, -0.05) is 0 Å². The number of carbonyl (C=O) groups excluding carboxylic acids is 1. The van der Waals surface area contributed by atoms with Crippen molar-refractivity contribution in [3.8, 4) is 17.0 Å². The van der Waals surface area contributed by atoms with Crippen LogP contribution in [0.2, 0.25) is 0 Å². The van der Waals surface area contributed by atoms with Crippen LogP contribution in [0.4, 0.5) is 13.2 Å². The van der Waals surface area contributed by atoms with E-state index in [9.17, 15) is 23.1 Å². The fraction of sp³-hybridized carbons (Fsp3) is 0.524. The number of β-amino-alcohol motifs (C(OH)–C–C–N with tert-alkyl or cyclic N) is 1. The lowest BCUT2D eigenvalue weighted by atomic mass is 9.77. The molecule has 31 heavy (non-hydrogen) atoms. The van der Waals surface area contributed by atoms with Crippen LogP contribution in [0.1, 0.15) is 24.8 Å². The van der Waals surface area contributed by atoms with Gasteiger partial charge in [-0.3, -0.25) is 9.89 Å². The van der Waals surface area contributed by atoms with Crippen LogP contribution in [-0.4, -0.2) is 65.0 Å². The number of amides is 1. The minimum absolute atomic E-state index is 0.0240. The maximum atomic E-state index is 13.3. The van der Waals surface area contributed by atoms with Crippen molar-refractivity contribution in [2.24, 2.45) is 5.41 Å². The molecule has 2 aliphatic heterocycles. The lowest BCUT2D eigenvalue weighted by Gasteiger charge is -2.38. The largest absolute Gasteiger partial charge is 0.491 e. The molecule has 1 aromatic heterocycles. The molecule has 2 fully saturated rings. The molecule has 1 aromatic carbocycles. The van der Waals surface area contributed by atoms with E-state index in [-0.39, 0.29) is 23.7 Å². The normalized spacial score (nSPS) is 20.1. The second-order valence-corrected chi connectivity index (χ2v) is 8.43. The predicted octanol–water partition coefficient (Wildman–Crippen LogP) is 2.44. The summed E-state index contributed by atoms with van der Waals surface area (Å²) >= 11 is 0. The number of aliphatic hydroxyl groups excluding tert-OH is 1. The van der Waals surface area contributed by atoms with Gasteiger partial charge >= 0.3 is 6.18 Å². The first-order valence-electron chi connectivity index (χ1n) is 10.2. The summed E-state index contributed by atoms with van der Waals surface area (Å²) in [6, 6.07) is 5.03. The van der Waals surface area contributed by atoms with Crippen molar-refractivity contribution >= 4 is 5.91 Å². The highest BCUT2D eigenvalue weighted by molar-refractivity contribution is 5.79. The molecule has 1 unspecified atom stereocenters. The number of hydrogen-bond acceptors (Lipinski definition) is 5. The van der Waals surface area contributed by atoms with E-state index in [2.05, 4.69) is 20.4 Å². The Kier molecular flexibility index (Phi) is 5.94. The Morgan fingerprint density at radius 1 is 1.26 bits per heavy atom. The number of aliphatic hydroxyl groups is 1. The first kappa shape index (κ1) is 21.6. The van der Waals surface area contributed by atoms with Gasteiger partial charge in [0.25, 0.3) is 0 Å². The Morgan fingerprint density at radius 3 is 2.65 bits per heavy atom. The van der Waals surface area contributed by atoms with E-state index in [4.69, 9.17) is 4.74 Å². The zero-order valence-corrected chi connectivity index (χ0v) is 16.9. The third-order valence-electron chi connectivity index (χ3n) is 6.07. The summed E-state index contributed by atoms with van der Waals surface area (Å²) in [6.45, 7) is 2.48. The third-order valence-corrected chi connectivity index (χ3v) is 6.07. The Morgan fingerprint density at radius 2 is 2.03 bits per heavy atom. The zero-order chi connectivity index (χ0) is 22.1. The van der Waals surface area contributed by atoms with Crippen molar-refractivity contribution in [2.75, 3.05) is 32.8 Å². The van der Waals surface area contributed by atoms with E-state index in [0.717, 1.165) is 38.1 Å². The van der Waals surface area contributed by atoms with Crippen molar-refractivity contribution < 1.29 is 27.8 Å². The minimum atomic E-state index is -4.52. The Hall–Kier alpha value is -2.59. The van der Waals surface area contributed by atoms with Crippen LogP contribution in [0, 0.1) is 5.41 Å². The van der Waals surface area contributed by atoms with E-state index < -0.39 is 17.8 Å². The van der Waals surface area contributed by atoms with Crippen LogP contribution in [0.25, 0.3) is 11.3 Å². The predicted molar refractivity (Wildman–Crippen MR) is 106 cm³/mol. The number of benzene rings is 1. The van der Waals surface area contributed by atoms with Crippen LogP contribution < -0.4 is 10.1 Å². The number of hydrogen-bond donors (Lipinski definition) is 3. The van der Waals surface area contributed by atoms with Gasteiger partial charge in [-0.15, -0.1) is 0 Å². The highest BCUT2D eigenvalue weighted by Gasteiger charge is 2.41. The van der Waals surface area contributed by atoms with E-state index in [1.54, 1.807) is 6.07 Å². The van der Waals surface area contributed by atoms with Gasteiger partial charge in [0.1, 0.15) is 18.5 Å². The van der Waals surface area contributed by atoms with Gasteiger partial charge in [0.15, 0.2) is 0 Å². The summed E-state index contributed by atoms with van der Waals surface area (Å²) < 4.78 is 45.4. The smallest absolute Gasteiger partial charge is 0.416 e. The first-order valence-corrected chi connectivity index (χ1v) is 10.2. The van der Waals surface area contributed by atoms with Crippen LogP contribution in [0.3, 0.4) is 0 Å². The maximum Gasteiger partial charge on any atom is 0.416 e. The van der Waals surface area contributed by atoms with E-state index in [1.807, 2.05) is 0 Å². The molecule has 0 radical (unpaired) electrons. The average molecular weight is 438 g/mol. The number of piperidine rings is 1. The molecule has 2 saturated heterocycles. The second kappa shape index (κ2) is 8.51. The van der Waals surface area contributed by atoms with Crippen LogP contribution >= 0.6 is 0 Å². The van der Waals surface area contributed by atoms with Crippen molar-refractivity contribution in [1.29, 1.82) is 0 Å². The fourth-order valence-electron chi connectivity index (χ4n) is 4.28. The third kappa shape index (κ3) is 5.19. The van der Waals surface area contributed by atoms with Crippen molar-refractivity contribution in [2.45, 2.75) is 31.5 Å². The summed E-state index contributed by atoms with van der Waals surface area (Å²) in [7, 11) is 0. The lowest BCUT2D eigenvalue weighted by molar-refractivity contribution is -0.137. The van der Waals surface area contributed by atoms with Gasteiger partial charge in [-0.05, 0) is 55.6 Å². The molecule has 3 heterocycles. The summed E-state index contributed by atoms with van der Waals surface area (Å²) in [6.07, 6.45) is -1.60. The Labute approximate surface area is 177 Å². The molecule has 2 aromatic rings. The van der Waals surface area contributed by atoms with Crippen LogP contribution in [-0.2, 0) is 11.0 Å². The molecule has 10 heteroatoms. The molecule has 0 saturated carbocycles. The number of ether oxygens (including phenoxy) is 1. The van der Waals surface area contributed by atoms with Gasteiger partial charge in [0, 0.05) is 31.3 Å². The van der Waals surface area contributed by atoms with E-state index in [1.165, 1.54) is 12.3 Å². The van der Waals surface area contributed by atoms with Crippen molar-refractivity contribution in [3.05, 3.63) is 36.0 Å². The number of H-pyrrole nitrogens is 1. The minimum Gasteiger partial charge on any atom is -0.491 e. The monoisotopic (exact) mass is 438 g/mol. The van der Waals surface area contributed by atoms with Crippen LogP contribution in [0.5, 0.6) is 5.75 Å². The first-order chi connectivity index (χ1) is 14.7. The molecule has 0 aliphatic carbocycles. The fourth-order valence-corrected chi connectivity index (χ4v) is 4.28. The SMILES string of the molecule is O=C1CC2(CCN(CC(O)COc3cc(-c4ccn[nH]4)cc(C(F)(F)F)c3)CC2)CN1. The van der Waals surface area contributed by atoms with Gasteiger partial charge in [-0.2, -0.15) is 18.3 Å². The van der Waals surface area contributed by atoms with Crippen molar-refractivity contribution in [3.63, 3.8) is 0 Å². The highest BCUT2D eigenvalue weighted by Crippen LogP contribution is 2.38. The lowest BCUT2D eigenvalue weighted by Crippen LogP contribution is -2.45. The summed E-state index contributed by atoms with van der Waals surface area (Å²) in [5, 5.41) is 19.7. The molecule has 168 valence electrons. The number of rotatable bonds is 6. The maximum absolute atomic E-state index is 13.3. The summed E-state index contributed by atoms with van der Waals surface area (Å²) in [4.78, 5) is 13.6. The van der Waals surface area contributed by atoms with E-state index in [0.29, 0.717) is 30.8 Å². The number of aromatic amines is 1. The molecule has 7 nitrogen and oxygen atoms in total.